The first-order valence-corrected chi connectivity index (χ1v) is 8.04. The minimum absolute atomic E-state index is 0.0385. The van der Waals surface area contributed by atoms with E-state index < -0.39 is 17.4 Å². The van der Waals surface area contributed by atoms with Crippen molar-refractivity contribution in [2.24, 2.45) is 10.4 Å². The van der Waals surface area contributed by atoms with Crippen molar-refractivity contribution in [3.05, 3.63) is 40.8 Å². The van der Waals surface area contributed by atoms with Crippen LogP contribution in [0.4, 0.5) is 0 Å². The summed E-state index contributed by atoms with van der Waals surface area (Å²) in [5.74, 6) is -1.31. The highest BCUT2D eigenvalue weighted by Gasteiger charge is 2.50. The molecule has 1 aromatic rings. The van der Waals surface area contributed by atoms with E-state index in [2.05, 4.69) is 25.9 Å². The molecule has 0 aliphatic carbocycles. The third kappa shape index (κ3) is 3.67. The van der Waals surface area contributed by atoms with Crippen LogP contribution < -0.4 is 0 Å². The number of carbonyl (C=O) groups excluding carboxylic acids is 2. The van der Waals surface area contributed by atoms with Crippen molar-refractivity contribution in [1.29, 1.82) is 0 Å². The molecule has 7 heteroatoms. The molecule has 0 amide bonds. The molecule has 0 atom stereocenters. The molecule has 6 nitrogen and oxygen atoms in total. The molecule has 2 heterocycles. The number of aliphatic imine (C=N–C) groups is 1. The molecular weight excluding hydrogens is 364 g/mol. The van der Waals surface area contributed by atoms with E-state index in [-0.39, 0.29) is 19.6 Å². The number of nitrogens with zero attached hydrogens (tertiary/aromatic N) is 2. The monoisotopic (exact) mass is 380 g/mol. The van der Waals surface area contributed by atoms with E-state index in [1.54, 1.807) is 32.2 Å². The standard InChI is InChI=1S/C16H17BrN2O4/c1-3-22-14(20)16(15(21)23-4-2)9-12(19-13(17)10-16)11-7-5-6-8-18-11/h5-8,10H,3-4,9H2,1-2H3. The number of hydrogen-bond donors (Lipinski definition) is 0. The Labute approximate surface area is 142 Å². The Hall–Kier alpha value is -2.02. The highest BCUT2D eigenvalue weighted by Crippen LogP contribution is 2.36. The van der Waals surface area contributed by atoms with Crippen LogP contribution in [-0.2, 0) is 19.1 Å². The third-order valence-corrected chi connectivity index (χ3v) is 3.70. The molecule has 0 saturated carbocycles. The largest absolute Gasteiger partial charge is 0.465 e. The second-order valence-electron chi connectivity index (χ2n) is 4.83. The minimum Gasteiger partial charge on any atom is -0.465 e. The smallest absolute Gasteiger partial charge is 0.327 e. The fourth-order valence-electron chi connectivity index (χ4n) is 2.27. The lowest BCUT2D eigenvalue weighted by Gasteiger charge is -2.29. The van der Waals surface area contributed by atoms with Gasteiger partial charge in [0, 0.05) is 12.6 Å². The van der Waals surface area contributed by atoms with Crippen molar-refractivity contribution in [2.45, 2.75) is 20.3 Å². The van der Waals surface area contributed by atoms with Gasteiger partial charge in [-0.3, -0.25) is 14.6 Å². The van der Waals surface area contributed by atoms with Crippen LogP contribution in [0.15, 0.2) is 40.1 Å². The van der Waals surface area contributed by atoms with E-state index in [4.69, 9.17) is 9.47 Å². The van der Waals surface area contributed by atoms with Gasteiger partial charge in [-0.15, -0.1) is 0 Å². The lowest BCUT2D eigenvalue weighted by molar-refractivity contribution is -0.167. The fraction of sp³-hybridized carbons (Fsp3) is 0.375. The first-order chi connectivity index (χ1) is 11.0. The second-order valence-corrected chi connectivity index (χ2v) is 5.64. The summed E-state index contributed by atoms with van der Waals surface area (Å²) in [5, 5.41) is 0. The van der Waals surface area contributed by atoms with Crippen molar-refractivity contribution in [1.82, 2.24) is 4.98 Å². The van der Waals surface area contributed by atoms with Crippen LogP contribution in [-0.4, -0.2) is 35.8 Å². The molecule has 122 valence electrons. The first kappa shape index (κ1) is 17.3. The second kappa shape index (κ2) is 7.50. The summed E-state index contributed by atoms with van der Waals surface area (Å²) in [6.45, 7) is 3.71. The molecule has 0 aromatic carbocycles. The van der Waals surface area contributed by atoms with Gasteiger partial charge in [-0.05, 0) is 48.0 Å². The normalized spacial score (nSPS) is 16.1. The van der Waals surface area contributed by atoms with Gasteiger partial charge >= 0.3 is 11.9 Å². The molecule has 0 fully saturated rings. The van der Waals surface area contributed by atoms with E-state index in [0.717, 1.165) is 0 Å². The average molecular weight is 381 g/mol. The molecule has 0 spiro atoms. The molecule has 1 aliphatic heterocycles. The summed E-state index contributed by atoms with van der Waals surface area (Å²) in [6, 6.07) is 5.36. The van der Waals surface area contributed by atoms with Crippen molar-refractivity contribution in [3.8, 4) is 0 Å². The lowest BCUT2D eigenvalue weighted by Crippen LogP contribution is -2.44. The zero-order chi connectivity index (χ0) is 16.9. The lowest BCUT2D eigenvalue weighted by atomic mass is 9.80. The van der Waals surface area contributed by atoms with Gasteiger partial charge in [0.2, 0.25) is 0 Å². The van der Waals surface area contributed by atoms with Gasteiger partial charge in [-0.25, -0.2) is 4.99 Å². The highest BCUT2D eigenvalue weighted by molar-refractivity contribution is 9.11. The summed E-state index contributed by atoms with van der Waals surface area (Å²) >= 11 is 3.27. The number of pyridine rings is 1. The minimum atomic E-state index is -1.56. The quantitative estimate of drug-likeness (QED) is 0.445. The Balaban J connectivity index is 2.46. The molecule has 0 unspecified atom stereocenters. The topological polar surface area (TPSA) is 77.9 Å². The predicted octanol–water partition coefficient (Wildman–Crippen LogP) is 2.62. The SMILES string of the molecule is CCOC(=O)C1(C(=O)OCC)C=C(Br)N=C(c2ccccn2)C1. The molecule has 2 rings (SSSR count). The Morgan fingerprint density at radius 3 is 2.39 bits per heavy atom. The Bertz CT molecular complexity index is 637. The number of esters is 2. The van der Waals surface area contributed by atoms with Gasteiger partial charge in [-0.1, -0.05) is 6.07 Å². The molecule has 1 aromatic heterocycles. The van der Waals surface area contributed by atoms with Gasteiger partial charge in [-0.2, -0.15) is 0 Å². The molecule has 0 radical (unpaired) electrons. The van der Waals surface area contributed by atoms with Crippen LogP contribution in [0.3, 0.4) is 0 Å². The van der Waals surface area contributed by atoms with E-state index in [0.29, 0.717) is 16.0 Å². The maximum absolute atomic E-state index is 12.5. The van der Waals surface area contributed by atoms with Gasteiger partial charge in [0.1, 0.15) is 4.61 Å². The van der Waals surface area contributed by atoms with Gasteiger partial charge in [0.05, 0.1) is 24.6 Å². The van der Waals surface area contributed by atoms with Crippen LogP contribution in [0.25, 0.3) is 0 Å². The van der Waals surface area contributed by atoms with Crippen LogP contribution >= 0.6 is 15.9 Å². The van der Waals surface area contributed by atoms with Crippen LogP contribution in [0, 0.1) is 5.41 Å². The van der Waals surface area contributed by atoms with Gasteiger partial charge in [0.25, 0.3) is 0 Å². The third-order valence-electron chi connectivity index (χ3n) is 3.29. The molecule has 0 N–H and O–H groups in total. The van der Waals surface area contributed by atoms with Crippen LogP contribution in [0.1, 0.15) is 26.0 Å². The molecule has 0 bridgehead atoms. The Kier molecular flexibility index (Phi) is 5.65. The van der Waals surface area contributed by atoms with E-state index in [9.17, 15) is 9.59 Å². The zero-order valence-electron chi connectivity index (χ0n) is 12.9. The molecular formula is C16H17BrN2O4. The summed E-state index contributed by atoms with van der Waals surface area (Å²) in [6.07, 6.45) is 3.10. The van der Waals surface area contributed by atoms with E-state index in [1.807, 2.05) is 6.07 Å². The Morgan fingerprint density at radius 1 is 1.22 bits per heavy atom. The maximum Gasteiger partial charge on any atom is 0.327 e. The summed E-state index contributed by atoms with van der Waals surface area (Å²) < 4.78 is 10.6. The number of carbonyl (C=O) groups is 2. The predicted molar refractivity (Wildman–Crippen MR) is 88.1 cm³/mol. The molecule has 23 heavy (non-hydrogen) atoms. The number of ether oxygens (including phenoxy) is 2. The van der Waals surface area contributed by atoms with Crippen molar-refractivity contribution in [3.63, 3.8) is 0 Å². The van der Waals surface area contributed by atoms with Gasteiger partial charge < -0.3 is 9.47 Å². The van der Waals surface area contributed by atoms with Crippen molar-refractivity contribution >= 4 is 33.6 Å². The first-order valence-electron chi connectivity index (χ1n) is 7.25. The zero-order valence-corrected chi connectivity index (χ0v) is 14.5. The number of halogens is 1. The highest BCUT2D eigenvalue weighted by atomic mass is 79.9. The maximum atomic E-state index is 12.5. The Morgan fingerprint density at radius 2 is 1.87 bits per heavy atom. The van der Waals surface area contributed by atoms with Gasteiger partial charge in [0.15, 0.2) is 5.41 Å². The number of hydrogen-bond acceptors (Lipinski definition) is 6. The van der Waals surface area contributed by atoms with Crippen molar-refractivity contribution in [2.75, 3.05) is 13.2 Å². The summed E-state index contributed by atoms with van der Waals surface area (Å²) in [4.78, 5) is 33.6. The summed E-state index contributed by atoms with van der Waals surface area (Å²) in [5.41, 5.74) is -0.448. The number of rotatable bonds is 5. The number of aromatic nitrogens is 1. The fourth-order valence-corrected chi connectivity index (χ4v) is 2.87. The van der Waals surface area contributed by atoms with E-state index in [1.165, 1.54) is 6.08 Å². The van der Waals surface area contributed by atoms with Crippen LogP contribution in [0.5, 0.6) is 0 Å². The van der Waals surface area contributed by atoms with Crippen molar-refractivity contribution < 1.29 is 19.1 Å². The van der Waals surface area contributed by atoms with Crippen LogP contribution in [0.2, 0.25) is 0 Å². The van der Waals surface area contributed by atoms with E-state index >= 15 is 0 Å². The summed E-state index contributed by atoms with van der Waals surface area (Å²) in [7, 11) is 0. The average Bonchev–Trinajstić information content (AvgIpc) is 2.55. The molecule has 0 saturated heterocycles. The molecule has 1 aliphatic rings.